The van der Waals surface area contributed by atoms with Crippen molar-refractivity contribution in [2.75, 3.05) is 27.1 Å². The highest BCUT2D eigenvalue weighted by Gasteiger charge is 2.37. The molecule has 0 aliphatic heterocycles. The lowest BCUT2D eigenvalue weighted by molar-refractivity contribution is 0.123. The summed E-state index contributed by atoms with van der Waals surface area (Å²) in [4.78, 5) is 0. The molecule has 0 heterocycles. The van der Waals surface area contributed by atoms with Crippen molar-refractivity contribution in [3.05, 3.63) is 0 Å². The molecule has 9 heteroatoms. The Morgan fingerprint density at radius 1 is 1.24 bits per heavy atom. The molecule has 0 spiro atoms. The molecular formula is C8H20O6S2Si. The van der Waals surface area contributed by atoms with Crippen molar-refractivity contribution in [2.24, 2.45) is 0 Å². The molecule has 0 aromatic carbocycles. The summed E-state index contributed by atoms with van der Waals surface area (Å²) >= 11 is 4.09. The average Bonchev–Trinajstić information content (AvgIpc) is 2.22. The van der Waals surface area contributed by atoms with Crippen LogP contribution < -0.4 is 0 Å². The quantitative estimate of drug-likeness (QED) is 0.373. The molecule has 0 radical (unpaired) electrons. The molecule has 0 aromatic heterocycles. The third kappa shape index (κ3) is 7.39. The molecule has 17 heavy (non-hydrogen) atoms. The predicted molar refractivity (Wildman–Crippen MR) is 70.0 cm³/mol. The lowest BCUT2D eigenvalue weighted by Gasteiger charge is -2.24. The predicted octanol–water partition coefficient (Wildman–Crippen LogP) is 0.831. The number of rotatable bonds is 9. The van der Waals surface area contributed by atoms with E-state index in [1.165, 1.54) is 21.3 Å². The van der Waals surface area contributed by atoms with Crippen molar-refractivity contribution < 1.29 is 26.2 Å². The van der Waals surface area contributed by atoms with Gasteiger partial charge in [-0.15, -0.1) is 0 Å². The topological polar surface area (TPSA) is 82.1 Å². The summed E-state index contributed by atoms with van der Waals surface area (Å²) < 4.78 is 45.5. The van der Waals surface area contributed by atoms with Crippen LogP contribution in [0.25, 0.3) is 0 Å². The molecular weight excluding hydrogens is 284 g/mol. The molecule has 1 N–H and O–H groups in total. The molecule has 0 fully saturated rings. The summed E-state index contributed by atoms with van der Waals surface area (Å²) in [5.41, 5.74) is 0. The van der Waals surface area contributed by atoms with E-state index < -0.39 is 24.2 Å². The Hall–Kier alpha value is 0.357. The Kier molecular flexibility index (Phi) is 7.88. The van der Waals surface area contributed by atoms with E-state index in [0.717, 1.165) is 0 Å². The van der Waals surface area contributed by atoms with Crippen LogP contribution in [0, 0.1) is 0 Å². The third-order valence-electron chi connectivity index (χ3n) is 2.36. The van der Waals surface area contributed by atoms with E-state index in [4.69, 9.17) is 17.8 Å². The molecule has 0 bridgehead atoms. The van der Waals surface area contributed by atoms with Gasteiger partial charge in [0, 0.05) is 32.6 Å². The standard InChI is InChI=1S/C8H20O6S2Si/c1-12-17(13-2,14-3)6-4-5-8(15)7-16(9,10)11/h8,15H,4-7H2,1-3H3,(H,9,10,11). The van der Waals surface area contributed by atoms with E-state index in [-0.39, 0.29) is 5.75 Å². The van der Waals surface area contributed by atoms with Crippen LogP contribution >= 0.6 is 12.6 Å². The van der Waals surface area contributed by atoms with E-state index in [1.807, 2.05) is 0 Å². The third-order valence-corrected chi connectivity index (χ3v) is 6.70. The summed E-state index contributed by atoms with van der Waals surface area (Å²) in [6, 6.07) is 0.582. The zero-order valence-corrected chi connectivity index (χ0v) is 13.0. The van der Waals surface area contributed by atoms with Crippen molar-refractivity contribution in [1.82, 2.24) is 0 Å². The van der Waals surface area contributed by atoms with Gasteiger partial charge in [-0.25, -0.2) is 0 Å². The SMILES string of the molecule is CO[Si](CCCC(S)CS(=O)(=O)O)(OC)OC. The molecule has 0 rings (SSSR count). The van der Waals surface area contributed by atoms with Crippen molar-refractivity contribution in [1.29, 1.82) is 0 Å². The Morgan fingerprint density at radius 3 is 2.06 bits per heavy atom. The van der Waals surface area contributed by atoms with Gasteiger partial charge in [-0.2, -0.15) is 21.0 Å². The Labute approximate surface area is 109 Å². The monoisotopic (exact) mass is 304 g/mol. The van der Waals surface area contributed by atoms with Gasteiger partial charge in [0.2, 0.25) is 0 Å². The van der Waals surface area contributed by atoms with Crippen LogP contribution in [-0.2, 0) is 23.4 Å². The summed E-state index contributed by atoms with van der Waals surface area (Å²) in [7, 11) is -1.98. The van der Waals surface area contributed by atoms with Crippen LogP contribution in [0.2, 0.25) is 6.04 Å². The van der Waals surface area contributed by atoms with Gasteiger partial charge in [-0.1, -0.05) is 0 Å². The van der Waals surface area contributed by atoms with Gasteiger partial charge in [0.25, 0.3) is 10.1 Å². The maximum absolute atomic E-state index is 10.6. The number of hydrogen-bond acceptors (Lipinski definition) is 6. The largest absolute Gasteiger partial charge is 0.500 e. The van der Waals surface area contributed by atoms with Crippen molar-refractivity contribution in [3.8, 4) is 0 Å². The highest BCUT2D eigenvalue weighted by Crippen LogP contribution is 2.19. The van der Waals surface area contributed by atoms with Gasteiger partial charge in [0.1, 0.15) is 0 Å². The zero-order chi connectivity index (χ0) is 13.5. The zero-order valence-electron chi connectivity index (χ0n) is 10.2. The van der Waals surface area contributed by atoms with Crippen molar-refractivity contribution >= 4 is 31.6 Å². The molecule has 0 amide bonds. The summed E-state index contributed by atoms with van der Waals surface area (Å²) in [6.07, 6.45) is 1.19. The maximum atomic E-state index is 10.6. The molecule has 0 saturated carbocycles. The Balaban J connectivity index is 4.05. The van der Waals surface area contributed by atoms with Gasteiger partial charge in [-0.3, -0.25) is 4.55 Å². The molecule has 6 nitrogen and oxygen atoms in total. The smallest absolute Gasteiger partial charge is 0.377 e. The maximum Gasteiger partial charge on any atom is 0.500 e. The lowest BCUT2D eigenvalue weighted by atomic mass is 10.3. The van der Waals surface area contributed by atoms with Gasteiger partial charge in [0.15, 0.2) is 0 Å². The minimum absolute atomic E-state index is 0.350. The van der Waals surface area contributed by atoms with Crippen molar-refractivity contribution in [2.45, 2.75) is 24.1 Å². The minimum Gasteiger partial charge on any atom is -0.377 e. The van der Waals surface area contributed by atoms with Crippen LogP contribution in [0.5, 0.6) is 0 Å². The normalized spacial score (nSPS) is 14.9. The van der Waals surface area contributed by atoms with Crippen LogP contribution in [-0.4, -0.2) is 54.1 Å². The fourth-order valence-corrected chi connectivity index (χ4v) is 4.59. The first-order valence-corrected chi connectivity index (χ1v) is 9.13. The minimum atomic E-state index is -3.96. The molecule has 1 unspecified atom stereocenters. The number of hydrogen-bond donors (Lipinski definition) is 2. The summed E-state index contributed by atoms with van der Waals surface area (Å²) in [6.45, 7) is 0. The second-order valence-electron chi connectivity index (χ2n) is 3.59. The molecule has 0 aliphatic rings. The van der Waals surface area contributed by atoms with Gasteiger partial charge in [0.05, 0.1) is 5.75 Å². The van der Waals surface area contributed by atoms with E-state index in [2.05, 4.69) is 12.6 Å². The lowest BCUT2D eigenvalue weighted by Crippen LogP contribution is -2.42. The van der Waals surface area contributed by atoms with E-state index in [1.54, 1.807) is 0 Å². The first-order chi connectivity index (χ1) is 7.78. The van der Waals surface area contributed by atoms with Crippen LogP contribution in [0.15, 0.2) is 0 Å². The summed E-state index contributed by atoms with van der Waals surface area (Å²) in [5.74, 6) is -0.350. The fourth-order valence-electron chi connectivity index (χ4n) is 1.44. The first kappa shape index (κ1) is 17.4. The van der Waals surface area contributed by atoms with Gasteiger partial charge >= 0.3 is 8.80 Å². The van der Waals surface area contributed by atoms with Gasteiger partial charge in [-0.05, 0) is 12.8 Å². The second kappa shape index (κ2) is 7.72. The van der Waals surface area contributed by atoms with Crippen molar-refractivity contribution in [3.63, 3.8) is 0 Å². The molecule has 0 aromatic rings. The van der Waals surface area contributed by atoms with Gasteiger partial charge < -0.3 is 13.3 Å². The molecule has 104 valence electrons. The Morgan fingerprint density at radius 2 is 1.71 bits per heavy atom. The van der Waals surface area contributed by atoms with E-state index in [0.29, 0.717) is 18.9 Å². The fraction of sp³-hybridized carbons (Fsp3) is 1.00. The highest BCUT2D eigenvalue weighted by molar-refractivity contribution is 7.88. The van der Waals surface area contributed by atoms with E-state index in [9.17, 15) is 8.42 Å². The Bertz CT molecular complexity index is 295. The van der Waals surface area contributed by atoms with Crippen LogP contribution in [0.4, 0.5) is 0 Å². The molecule has 0 aliphatic carbocycles. The molecule has 1 atom stereocenters. The summed E-state index contributed by atoms with van der Waals surface area (Å²) in [5, 5.41) is -0.401. The second-order valence-corrected chi connectivity index (χ2v) is 8.91. The highest BCUT2D eigenvalue weighted by atomic mass is 32.2. The van der Waals surface area contributed by atoms with E-state index >= 15 is 0 Å². The van der Waals surface area contributed by atoms with Crippen LogP contribution in [0.1, 0.15) is 12.8 Å². The average molecular weight is 304 g/mol. The molecule has 0 saturated heterocycles. The first-order valence-electron chi connectivity index (χ1n) is 5.07. The van der Waals surface area contributed by atoms with Crippen LogP contribution in [0.3, 0.4) is 0 Å². The number of thiol groups is 1.